The second-order valence-electron chi connectivity index (χ2n) is 6.05. The molecule has 2 fully saturated rings. The topological polar surface area (TPSA) is 32.8 Å². The van der Waals surface area contributed by atoms with E-state index in [0.29, 0.717) is 6.61 Å². The summed E-state index contributed by atoms with van der Waals surface area (Å²) in [6.07, 6.45) is 2.27. The number of aryl methyl sites for hydroxylation is 1. The van der Waals surface area contributed by atoms with Crippen molar-refractivity contribution in [3.8, 4) is 0 Å². The molecule has 3 rings (SSSR count). The first-order valence-electron chi connectivity index (χ1n) is 7.80. The predicted octanol–water partition coefficient (Wildman–Crippen LogP) is 2.27. The highest BCUT2D eigenvalue weighted by Crippen LogP contribution is 2.25. The third-order valence-corrected chi connectivity index (χ3v) is 5.53. The summed E-state index contributed by atoms with van der Waals surface area (Å²) < 4.78 is 5.93. The van der Waals surface area contributed by atoms with Gasteiger partial charge in [-0.1, -0.05) is 0 Å². The summed E-state index contributed by atoms with van der Waals surface area (Å²) in [6.45, 7) is 8.40. The van der Waals surface area contributed by atoms with Crippen molar-refractivity contribution >= 4 is 17.2 Å². The molecular weight excluding hydrogens is 284 g/mol. The molecule has 2 saturated heterocycles. The van der Waals surface area contributed by atoms with Gasteiger partial charge < -0.3 is 9.64 Å². The molecule has 21 heavy (non-hydrogen) atoms. The fourth-order valence-corrected chi connectivity index (χ4v) is 4.41. The van der Waals surface area contributed by atoms with Gasteiger partial charge in [0.05, 0.1) is 18.8 Å². The van der Waals surface area contributed by atoms with E-state index in [-0.39, 0.29) is 18.1 Å². The Hall–Kier alpha value is -0.910. The minimum atomic E-state index is 0.190. The van der Waals surface area contributed by atoms with E-state index in [0.717, 1.165) is 39.0 Å². The predicted molar refractivity (Wildman–Crippen MR) is 84.5 cm³/mol. The van der Waals surface area contributed by atoms with E-state index in [2.05, 4.69) is 24.0 Å². The Balaban J connectivity index is 1.64. The third kappa shape index (κ3) is 3.47. The van der Waals surface area contributed by atoms with Gasteiger partial charge in [0.15, 0.2) is 0 Å². The molecule has 2 atom stereocenters. The number of nitrogens with zero attached hydrogens (tertiary/aromatic N) is 2. The Morgan fingerprint density at radius 1 is 1.33 bits per heavy atom. The average Bonchev–Trinajstić information content (AvgIpc) is 2.75. The Labute approximate surface area is 130 Å². The first kappa shape index (κ1) is 15.0. The standard InChI is InChI=1S/C16H24N2O2S/c1-12-3-4-14(21-12)11-17-7-5-15-16(6-8-17)20-10-9-18(15)13(2)19/h3-4,15-16H,5-11H2,1-2H3/t15-,16-/m1/s1. The van der Waals surface area contributed by atoms with Crippen LogP contribution in [0.4, 0.5) is 0 Å². The summed E-state index contributed by atoms with van der Waals surface area (Å²) in [5.41, 5.74) is 0. The summed E-state index contributed by atoms with van der Waals surface area (Å²) in [4.78, 5) is 19.1. The van der Waals surface area contributed by atoms with Crippen LogP contribution in [0.3, 0.4) is 0 Å². The van der Waals surface area contributed by atoms with Gasteiger partial charge in [0.2, 0.25) is 5.91 Å². The first-order chi connectivity index (χ1) is 10.1. The number of morpholine rings is 1. The van der Waals surface area contributed by atoms with Crippen molar-refractivity contribution in [3.05, 3.63) is 21.9 Å². The summed E-state index contributed by atoms with van der Waals surface area (Å²) in [7, 11) is 0. The lowest BCUT2D eigenvalue weighted by molar-refractivity contribution is -0.144. The molecule has 0 aromatic carbocycles. The maximum Gasteiger partial charge on any atom is 0.219 e. The van der Waals surface area contributed by atoms with Crippen molar-refractivity contribution in [1.82, 2.24) is 9.80 Å². The average molecular weight is 308 g/mol. The summed E-state index contributed by atoms with van der Waals surface area (Å²) in [6, 6.07) is 4.69. The number of carbonyl (C=O) groups excluding carboxylic acids is 1. The Morgan fingerprint density at radius 2 is 2.14 bits per heavy atom. The molecule has 1 amide bonds. The molecule has 2 aliphatic rings. The maximum atomic E-state index is 11.8. The van der Waals surface area contributed by atoms with Crippen molar-refractivity contribution in [2.24, 2.45) is 0 Å². The highest BCUT2D eigenvalue weighted by atomic mass is 32.1. The number of fused-ring (bicyclic) bond motifs is 1. The molecule has 0 unspecified atom stereocenters. The van der Waals surface area contributed by atoms with E-state index in [1.807, 2.05) is 16.2 Å². The van der Waals surface area contributed by atoms with Gasteiger partial charge in [-0.05, 0) is 31.9 Å². The third-order valence-electron chi connectivity index (χ3n) is 4.54. The van der Waals surface area contributed by atoms with Gasteiger partial charge in [0.1, 0.15) is 0 Å². The van der Waals surface area contributed by atoms with Gasteiger partial charge in [0, 0.05) is 42.9 Å². The highest BCUT2D eigenvalue weighted by Gasteiger charge is 2.35. The van der Waals surface area contributed by atoms with Gasteiger partial charge in [-0.2, -0.15) is 0 Å². The molecule has 0 N–H and O–H groups in total. The van der Waals surface area contributed by atoms with Crippen LogP contribution in [0.2, 0.25) is 0 Å². The van der Waals surface area contributed by atoms with Crippen LogP contribution in [-0.4, -0.2) is 54.1 Å². The summed E-state index contributed by atoms with van der Waals surface area (Å²) in [5.74, 6) is 0.190. The number of hydrogen-bond acceptors (Lipinski definition) is 4. The van der Waals surface area contributed by atoms with Crippen LogP contribution in [0, 0.1) is 6.92 Å². The van der Waals surface area contributed by atoms with Crippen molar-refractivity contribution in [1.29, 1.82) is 0 Å². The zero-order chi connectivity index (χ0) is 14.8. The van der Waals surface area contributed by atoms with Crippen LogP contribution in [0.1, 0.15) is 29.5 Å². The lowest BCUT2D eigenvalue weighted by atomic mass is 10.0. The number of rotatable bonds is 2. The van der Waals surface area contributed by atoms with Crippen molar-refractivity contribution in [2.75, 3.05) is 26.2 Å². The molecule has 1 aromatic heterocycles. The number of hydrogen-bond donors (Lipinski definition) is 0. The minimum Gasteiger partial charge on any atom is -0.374 e. The Morgan fingerprint density at radius 3 is 2.86 bits per heavy atom. The SMILES string of the molecule is CC(=O)N1CCO[C@@H]2CCN(Cc3ccc(C)s3)CC[C@H]21. The molecule has 0 aliphatic carbocycles. The largest absolute Gasteiger partial charge is 0.374 e. The van der Waals surface area contributed by atoms with Crippen LogP contribution in [0.5, 0.6) is 0 Å². The lowest BCUT2D eigenvalue weighted by Gasteiger charge is -2.39. The van der Waals surface area contributed by atoms with Gasteiger partial charge in [0.25, 0.3) is 0 Å². The van der Waals surface area contributed by atoms with Gasteiger partial charge >= 0.3 is 0 Å². The van der Waals surface area contributed by atoms with Crippen LogP contribution >= 0.6 is 11.3 Å². The maximum absolute atomic E-state index is 11.8. The molecule has 0 bridgehead atoms. The summed E-state index contributed by atoms with van der Waals surface area (Å²) >= 11 is 1.88. The molecule has 5 heteroatoms. The van der Waals surface area contributed by atoms with Crippen molar-refractivity contribution in [3.63, 3.8) is 0 Å². The number of carbonyl (C=O) groups is 1. The van der Waals surface area contributed by atoms with E-state index >= 15 is 0 Å². The zero-order valence-corrected chi connectivity index (χ0v) is 13.7. The minimum absolute atomic E-state index is 0.190. The fourth-order valence-electron chi connectivity index (χ4n) is 3.47. The van der Waals surface area contributed by atoms with Gasteiger partial charge in [-0.3, -0.25) is 9.69 Å². The van der Waals surface area contributed by atoms with Gasteiger partial charge in [-0.15, -0.1) is 11.3 Å². The molecule has 1 aromatic rings. The number of thiophene rings is 1. The van der Waals surface area contributed by atoms with Gasteiger partial charge in [-0.25, -0.2) is 0 Å². The lowest BCUT2D eigenvalue weighted by Crippen LogP contribution is -2.52. The Bertz CT molecular complexity index is 502. The van der Waals surface area contributed by atoms with E-state index < -0.39 is 0 Å². The van der Waals surface area contributed by atoms with E-state index in [4.69, 9.17) is 4.74 Å². The van der Waals surface area contributed by atoms with Crippen LogP contribution < -0.4 is 0 Å². The second-order valence-corrected chi connectivity index (χ2v) is 7.43. The van der Waals surface area contributed by atoms with E-state index in [9.17, 15) is 4.79 Å². The molecular formula is C16H24N2O2S. The number of likely N-dealkylation sites (tertiary alicyclic amines) is 1. The smallest absolute Gasteiger partial charge is 0.219 e. The first-order valence-corrected chi connectivity index (χ1v) is 8.61. The fraction of sp³-hybridized carbons (Fsp3) is 0.688. The van der Waals surface area contributed by atoms with E-state index in [1.165, 1.54) is 9.75 Å². The molecule has 2 aliphatic heterocycles. The Kier molecular flexibility index (Phi) is 4.62. The molecule has 0 radical (unpaired) electrons. The highest BCUT2D eigenvalue weighted by molar-refractivity contribution is 7.11. The molecule has 4 nitrogen and oxygen atoms in total. The molecule has 0 saturated carbocycles. The van der Waals surface area contributed by atoms with E-state index in [1.54, 1.807) is 6.92 Å². The van der Waals surface area contributed by atoms with Crippen molar-refractivity contribution in [2.45, 2.75) is 45.4 Å². The normalized spacial score (nSPS) is 27.2. The zero-order valence-electron chi connectivity index (χ0n) is 12.9. The number of amides is 1. The van der Waals surface area contributed by atoms with Crippen LogP contribution in [-0.2, 0) is 16.1 Å². The molecule has 116 valence electrons. The number of ether oxygens (including phenoxy) is 1. The van der Waals surface area contributed by atoms with Crippen LogP contribution in [0.25, 0.3) is 0 Å². The van der Waals surface area contributed by atoms with Crippen molar-refractivity contribution < 1.29 is 9.53 Å². The summed E-state index contributed by atoms with van der Waals surface area (Å²) in [5, 5.41) is 0. The quantitative estimate of drug-likeness (QED) is 0.840. The molecule has 3 heterocycles. The van der Waals surface area contributed by atoms with Crippen LogP contribution in [0.15, 0.2) is 12.1 Å². The monoisotopic (exact) mass is 308 g/mol. The molecule has 0 spiro atoms. The second kappa shape index (κ2) is 6.46.